The minimum absolute atomic E-state index is 0.0401. The summed E-state index contributed by atoms with van der Waals surface area (Å²) in [4.78, 5) is 20.5. The highest BCUT2D eigenvalue weighted by Crippen LogP contribution is 2.27. The van der Waals surface area contributed by atoms with Crippen molar-refractivity contribution in [1.82, 2.24) is 19.9 Å². The summed E-state index contributed by atoms with van der Waals surface area (Å²) >= 11 is 0. The van der Waals surface area contributed by atoms with E-state index in [4.69, 9.17) is 4.98 Å². The number of hydrogen-bond acceptors (Lipinski definition) is 6. The van der Waals surface area contributed by atoms with Crippen molar-refractivity contribution in [2.75, 3.05) is 17.3 Å². The Morgan fingerprint density at radius 2 is 1.91 bits per heavy atom. The van der Waals surface area contributed by atoms with Crippen molar-refractivity contribution in [3.05, 3.63) is 35.0 Å². The molecular formula is C16H22N6. The predicted molar refractivity (Wildman–Crippen MR) is 86.9 cm³/mol. The second-order valence-electron chi connectivity index (χ2n) is 6.72. The Balaban J connectivity index is 1.90. The van der Waals surface area contributed by atoms with E-state index in [0.717, 1.165) is 47.6 Å². The van der Waals surface area contributed by atoms with Gasteiger partial charge in [-0.2, -0.15) is 4.98 Å². The maximum atomic E-state index is 4.74. The van der Waals surface area contributed by atoms with E-state index in [1.165, 1.54) is 0 Å². The van der Waals surface area contributed by atoms with Crippen molar-refractivity contribution in [2.24, 2.45) is 0 Å². The van der Waals surface area contributed by atoms with Crippen molar-refractivity contribution >= 4 is 11.8 Å². The molecule has 0 aliphatic carbocycles. The minimum atomic E-state index is -0.0401. The Kier molecular flexibility index (Phi) is 3.47. The van der Waals surface area contributed by atoms with Crippen LogP contribution in [-0.2, 0) is 18.5 Å². The number of hydrogen-bond donors (Lipinski definition) is 1. The van der Waals surface area contributed by atoms with E-state index in [1.54, 1.807) is 0 Å². The van der Waals surface area contributed by atoms with Crippen LogP contribution in [0.3, 0.4) is 0 Å². The normalized spacial score (nSPS) is 14.1. The zero-order chi connectivity index (χ0) is 15.9. The molecule has 0 fully saturated rings. The third kappa shape index (κ3) is 2.73. The van der Waals surface area contributed by atoms with E-state index < -0.39 is 0 Å². The first-order valence-corrected chi connectivity index (χ1v) is 7.50. The van der Waals surface area contributed by atoms with E-state index in [-0.39, 0.29) is 5.41 Å². The molecule has 22 heavy (non-hydrogen) atoms. The third-order valence-electron chi connectivity index (χ3n) is 3.71. The maximum Gasteiger partial charge on any atom is 0.228 e. The fraction of sp³-hybridized carbons (Fsp3) is 0.500. The Morgan fingerprint density at radius 1 is 1.14 bits per heavy atom. The molecule has 0 radical (unpaired) electrons. The highest BCUT2D eigenvalue weighted by atomic mass is 15.3. The third-order valence-corrected chi connectivity index (χ3v) is 3.71. The molecule has 0 saturated carbocycles. The van der Waals surface area contributed by atoms with Crippen LogP contribution in [0.5, 0.6) is 0 Å². The van der Waals surface area contributed by atoms with Crippen LogP contribution < -0.4 is 10.2 Å². The van der Waals surface area contributed by atoms with Gasteiger partial charge in [-0.25, -0.2) is 15.0 Å². The minimum Gasteiger partial charge on any atom is -0.373 e. The molecule has 6 nitrogen and oxygen atoms in total. The monoisotopic (exact) mass is 298 g/mol. The molecule has 1 N–H and O–H groups in total. The van der Waals surface area contributed by atoms with Gasteiger partial charge in [-0.1, -0.05) is 20.8 Å². The quantitative estimate of drug-likeness (QED) is 0.918. The summed E-state index contributed by atoms with van der Waals surface area (Å²) in [6, 6.07) is 1.93. The molecule has 0 aromatic carbocycles. The Hall–Kier alpha value is -2.24. The molecule has 0 saturated heterocycles. The van der Waals surface area contributed by atoms with Crippen molar-refractivity contribution in [1.29, 1.82) is 0 Å². The molecule has 6 heteroatoms. The van der Waals surface area contributed by atoms with Crippen molar-refractivity contribution in [2.45, 2.75) is 46.2 Å². The number of nitrogens with one attached hydrogen (secondary N) is 1. The molecule has 3 rings (SSSR count). The van der Waals surface area contributed by atoms with Gasteiger partial charge in [0.15, 0.2) is 0 Å². The number of anilines is 2. The number of rotatable bonds is 2. The SMILES string of the molecule is CNc1cc(C)nc(N2Cc3cnc(C(C)(C)C)nc3C2)n1. The summed E-state index contributed by atoms with van der Waals surface area (Å²) in [5, 5.41) is 3.08. The molecule has 116 valence electrons. The zero-order valence-electron chi connectivity index (χ0n) is 13.8. The van der Waals surface area contributed by atoms with Crippen LogP contribution in [0.1, 0.15) is 43.5 Å². The Morgan fingerprint density at radius 3 is 2.59 bits per heavy atom. The second kappa shape index (κ2) is 5.19. The van der Waals surface area contributed by atoms with Gasteiger partial charge in [0.05, 0.1) is 12.2 Å². The molecule has 0 atom stereocenters. The molecule has 0 bridgehead atoms. The molecule has 1 aliphatic rings. The van der Waals surface area contributed by atoms with Crippen LogP contribution in [0.4, 0.5) is 11.8 Å². The van der Waals surface area contributed by atoms with Crippen molar-refractivity contribution < 1.29 is 0 Å². The number of aryl methyl sites for hydroxylation is 1. The smallest absolute Gasteiger partial charge is 0.228 e. The van der Waals surface area contributed by atoms with E-state index in [1.807, 2.05) is 26.2 Å². The lowest BCUT2D eigenvalue weighted by Gasteiger charge is -2.17. The van der Waals surface area contributed by atoms with Gasteiger partial charge in [-0.05, 0) is 6.92 Å². The van der Waals surface area contributed by atoms with Gasteiger partial charge in [-0.15, -0.1) is 0 Å². The number of fused-ring (bicyclic) bond motifs is 1. The van der Waals surface area contributed by atoms with Crippen LogP contribution in [0.25, 0.3) is 0 Å². The summed E-state index contributed by atoms with van der Waals surface area (Å²) in [6.07, 6.45) is 1.94. The van der Waals surface area contributed by atoms with Gasteiger partial charge < -0.3 is 10.2 Å². The molecule has 3 heterocycles. The maximum absolute atomic E-state index is 4.74. The lowest BCUT2D eigenvalue weighted by atomic mass is 9.95. The van der Waals surface area contributed by atoms with Gasteiger partial charge >= 0.3 is 0 Å². The first kappa shape index (κ1) is 14.7. The van der Waals surface area contributed by atoms with Gasteiger partial charge in [0.1, 0.15) is 11.6 Å². The largest absolute Gasteiger partial charge is 0.373 e. The fourth-order valence-electron chi connectivity index (χ4n) is 2.48. The van der Waals surface area contributed by atoms with Crippen LogP contribution in [0.15, 0.2) is 12.3 Å². The van der Waals surface area contributed by atoms with E-state index in [2.05, 4.69) is 45.9 Å². The van der Waals surface area contributed by atoms with E-state index >= 15 is 0 Å². The summed E-state index contributed by atoms with van der Waals surface area (Å²) in [5.74, 6) is 2.45. The van der Waals surface area contributed by atoms with Gasteiger partial charge in [0.25, 0.3) is 0 Å². The number of aromatic nitrogens is 4. The van der Waals surface area contributed by atoms with Crippen LogP contribution in [-0.4, -0.2) is 27.0 Å². The number of nitrogens with zero attached hydrogens (tertiary/aromatic N) is 5. The summed E-state index contributed by atoms with van der Waals surface area (Å²) in [5.41, 5.74) is 3.15. The lowest BCUT2D eigenvalue weighted by Crippen LogP contribution is -2.19. The second-order valence-corrected chi connectivity index (χ2v) is 6.72. The van der Waals surface area contributed by atoms with E-state index in [9.17, 15) is 0 Å². The lowest BCUT2D eigenvalue weighted by molar-refractivity contribution is 0.541. The molecule has 0 amide bonds. The summed E-state index contributed by atoms with van der Waals surface area (Å²) in [6.45, 7) is 9.85. The fourth-order valence-corrected chi connectivity index (χ4v) is 2.48. The molecule has 0 spiro atoms. The van der Waals surface area contributed by atoms with Gasteiger partial charge in [0.2, 0.25) is 5.95 Å². The molecule has 1 aliphatic heterocycles. The summed E-state index contributed by atoms with van der Waals surface area (Å²) < 4.78 is 0. The Labute approximate surface area is 131 Å². The topological polar surface area (TPSA) is 66.8 Å². The molecule has 2 aromatic heterocycles. The average molecular weight is 298 g/mol. The highest BCUT2D eigenvalue weighted by molar-refractivity contribution is 5.46. The molecular weight excluding hydrogens is 276 g/mol. The molecule has 2 aromatic rings. The molecule has 0 unspecified atom stereocenters. The van der Waals surface area contributed by atoms with Gasteiger partial charge in [-0.3, -0.25) is 0 Å². The van der Waals surface area contributed by atoms with Gasteiger partial charge in [0, 0.05) is 42.5 Å². The Bertz CT molecular complexity index is 704. The summed E-state index contributed by atoms with van der Waals surface area (Å²) in [7, 11) is 1.87. The zero-order valence-corrected chi connectivity index (χ0v) is 13.8. The van der Waals surface area contributed by atoms with Crippen LogP contribution in [0.2, 0.25) is 0 Å². The van der Waals surface area contributed by atoms with Crippen molar-refractivity contribution in [3.63, 3.8) is 0 Å². The average Bonchev–Trinajstić information content (AvgIpc) is 2.88. The van der Waals surface area contributed by atoms with Crippen molar-refractivity contribution in [3.8, 4) is 0 Å². The first-order chi connectivity index (χ1) is 10.4. The van der Waals surface area contributed by atoms with Crippen LogP contribution >= 0.6 is 0 Å². The first-order valence-electron chi connectivity index (χ1n) is 7.50. The van der Waals surface area contributed by atoms with Crippen LogP contribution in [0, 0.1) is 6.92 Å². The predicted octanol–water partition coefficient (Wildman–Crippen LogP) is 2.43. The standard InChI is InChI=1S/C16H22N6/c1-10-6-13(17-5)21-15(19-10)22-8-11-7-18-14(16(2,3)4)20-12(11)9-22/h6-7H,8-9H2,1-5H3,(H,17,19,21). The van der Waals surface area contributed by atoms with E-state index in [0.29, 0.717) is 0 Å². The highest BCUT2D eigenvalue weighted by Gasteiger charge is 2.26.